The Hall–Kier alpha value is -0.760. The molecular formula is C9H9FS. The van der Waals surface area contributed by atoms with Gasteiger partial charge in [-0.15, -0.1) is 0 Å². The molecule has 0 nitrogen and oxygen atoms in total. The summed E-state index contributed by atoms with van der Waals surface area (Å²) in [5.74, 6) is -0.161. The third-order valence-corrected chi connectivity index (χ3v) is 1.89. The van der Waals surface area contributed by atoms with Crippen LogP contribution < -0.4 is 0 Å². The van der Waals surface area contributed by atoms with Gasteiger partial charge in [-0.05, 0) is 23.6 Å². The Bertz CT molecular complexity index is 268. The Balaban J connectivity index is 3.23. The molecule has 0 amide bonds. The molecule has 0 bridgehead atoms. The number of hydrogen-bond donors (Lipinski definition) is 0. The average Bonchev–Trinajstić information content (AvgIpc) is 2.04. The molecule has 0 saturated heterocycles. The molecule has 58 valence electrons. The number of thiocarbonyl (C=S) groups is 1. The Morgan fingerprint density at radius 2 is 2.27 bits per heavy atom. The third-order valence-electron chi connectivity index (χ3n) is 1.64. The first-order valence-electron chi connectivity index (χ1n) is 3.52. The van der Waals surface area contributed by atoms with Gasteiger partial charge in [0.25, 0.3) is 0 Å². The number of hydrogen-bond acceptors (Lipinski definition) is 1. The zero-order valence-electron chi connectivity index (χ0n) is 6.30. The summed E-state index contributed by atoms with van der Waals surface area (Å²) in [6, 6.07) is 4.96. The van der Waals surface area contributed by atoms with Crippen LogP contribution in [-0.4, -0.2) is 5.37 Å². The molecule has 0 atom stereocenters. The van der Waals surface area contributed by atoms with E-state index in [2.05, 4.69) is 0 Å². The molecule has 0 fully saturated rings. The van der Waals surface area contributed by atoms with Crippen molar-refractivity contribution in [1.29, 1.82) is 0 Å². The molecule has 0 heterocycles. The van der Waals surface area contributed by atoms with Gasteiger partial charge in [-0.2, -0.15) is 0 Å². The molecule has 0 saturated carbocycles. The fourth-order valence-corrected chi connectivity index (χ4v) is 1.28. The summed E-state index contributed by atoms with van der Waals surface area (Å²) in [5.41, 5.74) is 1.53. The van der Waals surface area contributed by atoms with Crippen LogP contribution in [0.5, 0.6) is 0 Å². The summed E-state index contributed by atoms with van der Waals surface area (Å²) < 4.78 is 13.0. The maximum absolute atomic E-state index is 13.0. The summed E-state index contributed by atoms with van der Waals surface area (Å²) in [7, 11) is 0. The number of benzene rings is 1. The van der Waals surface area contributed by atoms with Crippen molar-refractivity contribution < 1.29 is 4.39 Å². The van der Waals surface area contributed by atoms with Crippen LogP contribution in [0.15, 0.2) is 18.2 Å². The minimum Gasteiger partial charge on any atom is -0.207 e. The summed E-state index contributed by atoms with van der Waals surface area (Å²) in [4.78, 5) is 0. The van der Waals surface area contributed by atoms with E-state index in [0.29, 0.717) is 12.0 Å². The molecular weight excluding hydrogens is 159 g/mol. The van der Waals surface area contributed by atoms with Crippen LogP contribution in [0.4, 0.5) is 4.39 Å². The summed E-state index contributed by atoms with van der Waals surface area (Å²) in [6.07, 6.45) is 0.690. The van der Waals surface area contributed by atoms with Crippen LogP contribution in [0.2, 0.25) is 0 Å². The molecule has 2 heteroatoms. The van der Waals surface area contributed by atoms with Crippen LogP contribution in [0.25, 0.3) is 0 Å². The van der Waals surface area contributed by atoms with E-state index >= 15 is 0 Å². The highest BCUT2D eigenvalue weighted by Crippen LogP contribution is 2.12. The van der Waals surface area contributed by atoms with Gasteiger partial charge in [0.05, 0.1) is 0 Å². The van der Waals surface area contributed by atoms with Crippen molar-refractivity contribution in [3.05, 3.63) is 35.1 Å². The predicted molar refractivity (Wildman–Crippen MR) is 48.5 cm³/mol. The van der Waals surface area contributed by atoms with Crippen molar-refractivity contribution in [2.75, 3.05) is 0 Å². The standard InChI is InChI=1S/C9H9FS/c1-2-8-7(6-11)4-3-5-9(8)10/h3-6H,2H2,1H3. The molecule has 0 aliphatic carbocycles. The predicted octanol–water partition coefficient (Wildman–Crippen LogP) is 2.74. The highest BCUT2D eigenvalue weighted by molar-refractivity contribution is 7.79. The van der Waals surface area contributed by atoms with E-state index < -0.39 is 0 Å². The second-order valence-electron chi connectivity index (χ2n) is 2.28. The molecule has 1 rings (SSSR count). The summed E-state index contributed by atoms with van der Waals surface area (Å²) in [6.45, 7) is 1.92. The average molecular weight is 168 g/mol. The topological polar surface area (TPSA) is 0 Å². The van der Waals surface area contributed by atoms with Gasteiger partial charge in [0.15, 0.2) is 0 Å². The van der Waals surface area contributed by atoms with E-state index in [-0.39, 0.29) is 5.82 Å². The fraction of sp³-hybridized carbons (Fsp3) is 0.222. The molecule has 1 aromatic carbocycles. The molecule has 0 radical (unpaired) electrons. The van der Waals surface area contributed by atoms with Crippen molar-refractivity contribution in [3.8, 4) is 0 Å². The van der Waals surface area contributed by atoms with Gasteiger partial charge in [-0.1, -0.05) is 31.3 Å². The minimum absolute atomic E-state index is 0.161. The Morgan fingerprint density at radius 1 is 1.55 bits per heavy atom. The number of rotatable bonds is 2. The Morgan fingerprint density at radius 3 is 2.73 bits per heavy atom. The van der Waals surface area contributed by atoms with Gasteiger partial charge in [-0.3, -0.25) is 0 Å². The Labute approximate surface area is 71.1 Å². The molecule has 0 unspecified atom stereocenters. The van der Waals surface area contributed by atoms with Gasteiger partial charge in [-0.25, -0.2) is 4.39 Å². The van der Waals surface area contributed by atoms with Crippen LogP contribution in [0, 0.1) is 5.82 Å². The maximum atomic E-state index is 13.0. The molecule has 11 heavy (non-hydrogen) atoms. The molecule has 0 aromatic heterocycles. The zero-order valence-corrected chi connectivity index (χ0v) is 7.12. The van der Waals surface area contributed by atoms with Gasteiger partial charge < -0.3 is 0 Å². The monoisotopic (exact) mass is 168 g/mol. The van der Waals surface area contributed by atoms with E-state index in [4.69, 9.17) is 12.2 Å². The van der Waals surface area contributed by atoms with E-state index in [0.717, 1.165) is 5.56 Å². The third kappa shape index (κ3) is 1.63. The first kappa shape index (κ1) is 8.34. The largest absolute Gasteiger partial charge is 0.207 e. The van der Waals surface area contributed by atoms with E-state index in [9.17, 15) is 4.39 Å². The minimum atomic E-state index is -0.161. The lowest BCUT2D eigenvalue weighted by molar-refractivity contribution is 0.612. The molecule has 1 aromatic rings. The van der Waals surface area contributed by atoms with Crippen LogP contribution in [-0.2, 0) is 6.42 Å². The highest BCUT2D eigenvalue weighted by atomic mass is 32.1. The number of halogens is 1. The van der Waals surface area contributed by atoms with Crippen LogP contribution >= 0.6 is 12.2 Å². The molecule has 0 aliphatic heterocycles. The fourth-order valence-electron chi connectivity index (χ4n) is 1.06. The van der Waals surface area contributed by atoms with E-state index in [1.54, 1.807) is 6.07 Å². The zero-order chi connectivity index (χ0) is 8.27. The molecule has 0 spiro atoms. The second kappa shape index (κ2) is 3.58. The first-order chi connectivity index (χ1) is 5.29. The van der Waals surface area contributed by atoms with Crippen molar-refractivity contribution in [3.63, 3.8) is 0 Å². The first-order valence-corrected chi connectivity index (χ1v) is 3.99. The van der Waals surface area contributed by atoms with Crippen LogP contribution in [0.1, 0.15) is 18.1 Å². The van der Waals surface area contributed by atoms with Gasteiger partial charge >= 0.3 is 0 Å². The lowest BCUT2D eigenvalue weighted by Crippen LogP contribution is -1.93. The normalized spacial score (nSPS) is 9.64. The van der Waals surface area contributed by atoms with Crippen molar-refractivity contribution in [2.24, 2.45) is 0 Å². The Kier molecular flexibility index (Phi) is 2.71. The highest BCUT2D eigenvalue weighted by Gasteiger charge is 2.02. The summed E-state index contributed by atoms with van der Waals surface area (Å²) >= 11 is 4.74. The SMILES string of the molecule is CCc1c(F)cccc1C=S. The second-order valence-corrected chi connectivity index (χ2v) is 2.51. The summed E-state index contributed by atoms with van der Waals surface area (Å²) in [5, 5.41) is 1.52. The van der Waals surface area contributed by atoms with Crippen molar-refractivity contribution in [2.45, 2.75) is 13.3 Å². The van der Waals surface area contributed by atoms with Gasteiger partial charge in [0.2, 0.25) is 0 Å². The van der Waals surface area contributed by atoms with E-state index in [1.807, 2.05) is 13.0 Å². The van der Waals surface area contributed by atoms with Gasteiger partial charge in [0, 0.05) is 5.37 Å². The van der Waals surface area contributed by atoms with Crippen molar-refractivity contribution in [1.82, 2.24) is 0 Å². The van der Waals surface area contributed by atoms with Gasteiger partial charge in [0.1, 0.15) is 5.82 Å². The maximum Gasteiger partial charge on any atom is 0.127 e. The quantitative estimate of drug-likeness (QED) is 0.612. The molecule has 0 aliphatic rings. The lowest BCUT2D eigenvalue weighted by Gasteiger charge is -2.02. The smallest absolute Gasteiger partial charge is 0.127 e. The van der Waals surface area contributed by atoms with Crippen molar-refractivity contribution >= 4 is 17.6 Å². The molecule has 0 N–H and O–H groups in total. The van der Waals surface area contributed by atoms with E-state index in [1.165, 1.54) is 11.4 Å². The lowest BCUT2D eigenvalue weighted by atomic mass is 10.1. The van der Waals surface area contributed by atoms with Crippen LogP contribution in [0.3, 0.4) is 0 Å².